The van der Waals surface area contributed by atoms with Gasteiger partial charge in [-0.15, -0.1) is 17.8 Å². The fourth-order valence-electron chi connectivity index (χ4n) is 1.25. The molecule has 3 aliphatic carbocycles. The summed E-state index contributed by atoms with van der Waals surface area (Å²) in [6.45, 7) is 0. The quantitative estimate of drug-likeness (QED) is 0.375. The Morgan fingerprint density at radius 3 is 0.632 bits per heavy atom. The van der Waals surface area contributed by atoms with Crippen molar-refractivity contribution < 1.29 is 26.2 Å². The topological polar surface area (TPSA) is 156 Å². The SMILES string of the molecule is N[C-](N)C1CC1.N[C-](N)C1CC1.N[C-](N)C1CC1.[Zr+3]. The molecule has 109 valence electrons. The van der Waals surface area contributed by atoms with E-state index in [4.69, 9.17) is 34.4 Å². The fraction of sp³-hybridized carbons (Fsp3) is 0.750. The van der Waals surface area contributed by atoms with Gasteiger partial charge in [0.2, 0.25) is 0 Å². The van der Waals surface area contributed by atoms with Gasteiger partial charge in [0.25, 0.3) is 0 Å². The van der Waals surface area contributed by atoms with Crippen molar-refractivity contribution in [3.8, 4) is 0 Å². The molecule has 0 aliphatic heterocycles. The number of nitrogens with two attached hydrogens (primary N) is 6. The molecule has 0 bridgehead atoms. The minimum atomic E-state index is 0. The van der Waals surface area contributed by atoms with Crippen LogP contribution in [-0.2, 0) is 26.2 Å². The van der Waals surface area contributed by atoms with E-state index in [1.165, 1.54) is 38.5 Å². The molecule has 0 heterocycles. The molecule has 0 unspecified atom stereocenters. The van der Waals surface area contributed by atoms with Crippen LogP contribution in [0, 0.1) is 36.3 Å². The summed E-state index contributed by atoms with van der Waals surface area (Å²) in [6.07, 6.45) is 9.13. The zero-order valence-corrected chi connectivity index (χ0v) is 13.9. The molecule has 0 atom stereocenters. The fourth-order valence-corrected chi connectivity index (χ4v) is 1.25. The minimum Gasteiger partial charge on any atom is -0.467 e. The van der Waals surface area contributed by atoms with Gasteiger partial charge in [-0.1, -0.05) is 38.5 Å². The van der Waals surface area contributed by atoms with Gasteiger partial charge in [0.05, 0.1) is 0 Å². The predicted molar refractivity (Wildman–Crippen MR) is 73.0 cm³/mol. The van der Waals surface area contributed by atoms with Crippen molar-refractivity contribution in [1.82, 2.24) is 0 Å². The van der Waals surface area contributed by atoms with Crippen LogP contribution in [0.15, 0.2) is 0 Å². The van der Waals surface area contributed by atoms with Crippen molar-refractivity contribution in [2.24, 2.45) is 52.2 Å². The van der Waals surface area contributed by atoms with E-state index in [2.05, 4.69) is 0 Å². The van der Waals surface area contributed by atoms with Crippen molar-refractivity contribution in [2.45, 2.75) is 38.5 Å². The van der Waals surface area contributed by atoms with Gasteiger partial charge in [-0.2, -0.15) is 18.5 Å². The van der Waals surface area contributed by atoms with Crippen molar-refractivity contribution in [3.63, 3.8) is 0 Å². The molecule has 3 saturated carbocycles. The van der Waals surface area contributed by atoms with Gasteiger partial charge in [0.15, 0.2) is 0 Å². The average molecular weight is 347 g/mol. The van der Waals surface area contributed by atoms with Crippen LogP contribution in [0.25, 0.3) is 0 Å². The molecule has 1 radical (unpaired) electrons. The summed E-state index contributed by atoms with van der Waals surface area (Å²) in [5.74, 6) is 1.72. The monoisotopic (exact) mass is 345 g/mol. The van der Waals surface area contributed by atoms with Gasteiger partial charge in [0.1, 0.15) is 0 Å². The zero-order valence-electron chi connectivity index (χ0n) is 11.4. The third-order valence-corrected chi connectivity index (χ3v) is 3.15. The first-order valence-electron chi connectivity index (χ1n) is 6.55. The van der Waals surface area contributed by atoms with Gasteiger partial charge in [-0.3, -0.25) is 0 Å². The average Bonchev–Trinajstić information content (AvgIpc) is 3.22. The normalized spacial score (nSPS) is 21.3. The second-order valence-electron chi connectivity index (χ2n) is 5.32. The Labute approximate surface area is 135 Å². The first kappa shape index (κ1) is 19.6. The number of rotatable bonds is 3. The third kappa shape index (κ3) is 11.0. The van der Waals surface area contributed by atoms with E-state index in [0.29, 0.717) is 36.3 Å². The first-order chi connectivity index (χ1) is 8.41. The summed E-state index contributed by atoms with van der Waals surface area (Å²) in [7, 11) is 0. The molecule has 0 amide bonds. The van der Waals surface area contributed by atoms with E-state index in [-0.39, 0.29) is 26.2 Å². The standard InChI is InChI=1S/3C4H9N2.Zr/c3*5-4(6)3-1-2-3;/h3*3H,1-2,5-6H2;/q3*-1;+3. The molecule has 3 rings (SSSR count). The molecule has 7 heteroatoms. The molecular formula is C12H27N6Zr. The van der Waals surface area contributed by atoms with Crippen molar-refractivity contribution in [1.29, 1.82) is 0 Å². The van der Waals surface area contributed by atoms with Crippen LogP contribution in [0.4, 0.5) is 0 Å². The summed E-state index contributed by atoms with van der Waals surface area (Å²) in [5, 5.41) is 0. The van der Waals surface area contributed by atoms with Crippen molar-refractivity contribution in [2.75, 3.05) is 0 Å². The smallest absolute Gasteiger partial charge is 0.467 e. The molecule has 0 aromatic heterocycles. The maximum atomic E-state index is 5.19. The Morgan fingerprint density at radius 2 is 0.632 bits per heavy atom. The molecular weight excluding hydrogens is 319 g/mol. The Bertz CT molecular complexity index is 186. The zero-order chi connectivity index (χ0) is 13.7. The molecule has 0 aromatic rings. The molecule has 19 heavy (non-hydrogen) atoms. The molecule has 0 saturated heterocycles. The largest absolute Gasteiger partial charge is 3.00 e. The van der Waals surface area contributed by atoms with E-state index in [0.717, 1.165) is 0 Å². The minimum absolute atomic E-state index is 0. The van der Waals surface area contributed by atoms with Crippen LogP contribution < -0.4 is 34.4 Å². The second kappa shape index (κ2) is 9.56. The molecule has 3 fully saturated rings. The maximum absolute atomic E-state index is 5.19. The summed E-state index contributed by atoms with van der Waals surface area (Å²) in [4.78, 5) is 0. The first-order valence-corrected chi connectivity index (χ1v) is 6.55. The van der Waals surface area contributed by atoms with Crippen LogP contribution in [0.2, 0.25) is 0 Å². The Morgan fingerprint density at radius 1 is 0.474 bits per heavy atom. The van der Waals surface area contributed by atoms with Gasteiger partial charge in [0, 0.05) is 0 Å². The predicted octanol–water partition coefficient (Wildman–Crippen LogP) is -0.593. The van der Waals surface area contributed by atoms with Crippen molar-refractivity contribution in [3.05, 3.63) is 18.5 Å². The third-order valence-electron chi connectivity index (χ3n) is 3.15. The Kier molecular flexibility index (Phi) is 9.88. The van der Waals surface area contributed by atoms with Gasteiger partial charge in [-0.05, 0) is 0 Å². The number of hydrogen-bond donors (Lipinski definition) is 6. The maximum Gasteiger partial charge on any atom is 3.00 e. The van der Waals surface area contributed by atoms with Crippen LogP contribution in [0.3, 0.4) is 0 Å². The molecule has 0 spiro atoms. The van der Waals surface area contributed by atoms with E-state index in [1.54, 1.807) is 0 Å². The van der Waals surface area contributed by atoms with Crippen molar-refractivity contribution >= 4 is 0 Å². The summed E-state index contributed by atoms with van der Waals surface area (Å²) in [6, 6.07) is 0. The van der Waals surface area contributed by atoms with E-state index < -0.39 is 0 Å². The van der Waals surface area contributed by atoms with Crippen LogP contribution in [0.5, 0.6) is 0 Å². The summed E-state index contributed by atoms with van der Waals surface area (Å²) >= 11 is 0. The molecule has 6 nitrogen and oxygen atoms in total. The number of hydrogen-bond acceptors (Lipinski definition) is 6. The molecule has 0 aromatic carbocycles. The summed E-state index contributed by atoms with van der Waals surface area (Å²) in [5.41, 5.74) is 31.2. The van der Waals surface area contributed by atoms with Crippen LogP contribution in [-0.4, -0.2) is 0 Å². The van der Waals surface area contributed by atoms with Crippen LogP contribution in [0.1, 0.15) is 38.5 Å². The van der Waals surface area contributed by atoms with E-state index in [9.17, 15) is 0 Å². The Hall–Kier alpha value is 0.643. The van der Waals surface area contributed by atoms with Gasteiger partial charge in [-0.25, -0.2) is 0 Å². The van der Waals surface area contributed by atoms with Gasteiger partial charge < -0.3 is 34.4 Å². The van der Waals surface area contributed by atoms with E-state index in [1.807, 2.05) is 0 Å². The molecule has 12 N–H and O–H groups in total. The van der Waals surface area contributed by atoms with Gasteiger partial charge >= 0.3 is 26.2 Å². The van der Waals surface area contributed by atoms with Crippen LogP contribution >= 0.6 is 0 Å². The second-order valence-corrected chi connectivity index (χ2v) is 5.32. The Balaban J connectivity index is 0.000000249. The summed E-state index contributed by atoms with van der Waals surface area (Å²) < 4.78 is 0. The van der Waals surface area contributed by atoms with E-state index >= 15 is 0 Å². The molecule has 3 aliphatic rings.